The number of Topliss-reactive ketones (excluding diaryl/α,β-unsaturated/α-hetero) is 1. The molecule has 0 fully saturated rings. The highest BCUT2D eigenvalue weighted by Crippen LogP contribution is 2.15. The fourth-order valence-electron chi connectivity index (χ4n) is 2.25. The monoisotopic (exact) mass is 312 g/mol. The van der Waals surface area contributed by atoms with Crippen LogP contribution >= 0.6 is 0 Å². The van der Waals surface area contributed by atoms with Gasteiger partial charge in [0.25, 0.3) is 0 Å². The van der Waals surface area contributed by atoms with Crippen molar-refractivity contribution in [1.82, 2.24) is 0 Å². The maximum absolute atomic E-state index is 12.5. The molecule has 4 nitrogen and oxygen atoms in total. The van der Waals surface area contributed by atoms with Gasteiger partial charge in [-0.1, -0.05) is 29.8 Å². The minimum Gasteiger partial charge on any atom is -0.451 e. The number of benzene rings is 2. The van der Waals surface area contributed by atoms with Crippen molar-refractivity contribution in [3.8, 4) is 0 Å². The van der Waals surface area contributed by atoms with Gasteiger partial charge in [-0.25, -0.2) is 4.79 Å². The zero-order valence-electron chi connectivity index (χ0n) is 13.5. The van der Waals surface area contributed by atoms with E-state index in [0.717, 1.165) is 11.1 Å². The first kappa shape index (κ1) is 16.9. The Balaban J connectivity index is 2.10. The summed E-state index contributed by atoms with van der Waals surface area (Å²) in [6.45, 7) is 5.26. The third kappa shape index (κ3) is 4.05. The van der Waals surface area contributed by atoms with E-state index in [1.54, 1.807) is 37.3 Å². The fourth-order valence-corrected chi connectivity index (χ4v) is 2.25. The van der Waals surface area contributed by atoms with Gasteiger partial charge in [-0.3, -0.25) is 4.79 Å². The summed E-state index contributed by atoms with van der Waals surface area (Å²) in [4.78, 5) is 24.6. The molecule has 2 aromatic carbocycles. The third-order valence-electron chi connectivity index (χ3n) is 3.68. The average molecular weight is 312 g/mol. The van der Waals surface area contributed by atoms with Crippen LogP contribution in [0.3, 0.4) is 0 Å². The number of aliphatic hydroxyl groups excluding tert-OH is 1. The minimum absolute atomic E-state index is 0.0865. The number of hydrogen-bond acceptors (Lipinski definition) is 4. The Bertz CT molecular complexity index is 717. The van der Waals surface area contributed by atoms with Crippen molar-refractivity contribution in [1.29, 1.82) is 0 Å². The van der Waals surface area contributed by atoms with Gasteiger partial charge in [-0.2, -0.15) is 0 Å². The van der Waals surface area contributed by atoms with E-state index in [4.69, 9.17) is 9.84 Å². The van der Waals surface area contributed by atoms with Crippen LogP contribution in [0.5, 0.6) is 0 Å². The topological polar surface area (TPSA) is 63.6 Å². The van der Waals surface area contributed by atoms with Crippen molar-refractivity contribution < 1.29 is 19.4 Å². The highest BCUT2D eigenvalue weighted by atomic mass is 16.5. The van der Waals surface area contributed by atoms with Gasteiger partial charge in [0.1, 0.15) is 0 Å². The van der Waals surface area contributed by atoms with Gasteiger partial charge in [0.15, 0.2) is 6.10 Å². The van der Waals surface area contributed by atoms with Crippen LogP contribution in [0.4, 0.5) is 0 Å². The zero-order chi connectivity index (χ0) is 17.0. The van der Waals surface area contributed by atoms with Crippen LogP contribution in [0.1, 0.15) is 44.3 Å². The zero-order valence-corrected chi connectivity index (χ0v) is 13.5. The largest absolute Gasteiger partial charge is 0.451 e. The molecule has 120 valence electrons. The van der Waals surface area contributed by atoms with Gasteiger partial charge in [0.2, 0.25) is 5.78 Å². The lowest BCUT2D eigenvalue weighted by Gasteiger charge is -2.14. The molecule has 0 aliphatic heterocycles. The van der Waals surface area contributed by atoms with Gasteiger partial charge in [0.05, 0.1) is 12.2 Å². The molecule has 2 aromatic rings. The summed E-state index contributed by atoms with van der Waals surface area (Å²) in [5.74, 6) is -0.771. The second-order valence-electron chi connectivity index (χ2n) is 5.59. The number of ether oxygens (including phenoxy) is 1. The highest BCUT2D eigenvalue weighted by Gasteiger charge is 2.21. The van der Waals surface area contributed by atoms with Crippen LogP contribution in [0.2, 0.25) is 0 Å². The summed E-state index contributed by atoms with van der Waals surface area (Å²) in [7, 11) is 0. The second-order valence-corrected chi connectivity index (χ2v) is 5.59. The predicted octanol–water partition coefficient (Wildman–Crippen LogP) is 3.22. The van der Waals surface area contributed by atoms with Crippen molar-refractivity contribution in [3.05, 3.63) is 70.3 Å². The number of rotatable bonds is 5. The molecule has 0 aromatic heterocycles. The molecule has 2 rings (SSSR count). The lowest BCUT2D eigenvalue weighted by molar-refractivity contribution is 0.0318. The van der Waals surface area contributed by atoms with E-state index in [1.807, 2.05) is 26.0 Å². The van der Waals surface area contributed by atoms with Gasteiger partial charge in [0, 0.05) is 5.56 Å². The Morgan fingerprint density at radius 2 is 1.74 bits per heavy atom. The SMILES string of the molecule is Cc1ccc(C)c(C(=O)[C@@H](C)OC(=O)c2ccc(CO)cc2)c1. The lowest BCUT2D eigenvalue weighted by Crippen LogP contribution is -2.25. The predicted molar refractivity (Wildman–Crippen MR) is 87.5 cm³/mol. The molecule has 0 spiro atoms. The van der Waals surface area contributed by atoms with Crippen molar-refractivity contribution in [3.63, 3.8) is 0 Å². The molecule has 0 aliphatic carbocycles. The van der Waals surface area contributed by atoms with Crippen molar-refractivity contribution in [2.45, 2.75) is 33.5 Å². The summed E-state index contributed by atoms with van der Waals surface area (Å²) in [5, 5.41) is 9.00. The van der Waals surface area contributed by atoms with Crippen LogP contribution in [0.15, 0.2) is 42.5 Å². The van der Waals surface area contributed by atoms with Crippen molar-refractivity contribution >= 4 is 11.8 Å². The summed E-state index contributed by atoms with van der Waals surface area (Å²) in [5.41, 5.74) is 3.47. The Labute approximate surface area is 135 Å². The smallest absolute Gasteiger partial charge is 0.338 e. The fraction of sp³-hybridized carbons (Fsp3) is 0.263. The van der Waals surface area contributed by atoms with Gasteiger partial charge in [-0.05, 0) is 50.1 Å². The quantitative estimate of drug-likeness (QED) is 0.680. The van der Waals surface area contributed by atoms with Crippen LogP contribution < -0.4 is 0 Å². The Hall–Kier alpha value is -2.46. The lowest BCUT2D eigenvalue weighted by atomic mass is 9.99. The first-order chi connectivity index (χ1) is 10.9. The number of aliphatic hydroxyl groups is 1. The molecule has 0 heterocycles. The molecule has 0 unspecified atom stereocenters. The Morgan fingerprint density at radius 1 is 1.09 bits per heavy atom. The molecular weight excluding hydrogens is 292 g/mol. The van der Waals surface area contributed by atoms with E-state index in [0.29, 0.717) is 16.7 Å². The molecular formula is C19H20O4. The molecule has 0 saturated heterocycles. The maximum Gasteiger partial charge on any atom is 0.338 e. The summed E-state index contributed by atoms with van der Waals surface area (Å²) in [6.07, 6.45) is -0.861. The maximum atomic E-state index is 12.5. The molecule has 4 heteroatoms. The Kier molecular flexibility index (Phi) is 5.29. The van der Waals surface area contributed by atoms with Gasteiger partial charge < -0.3 is 9.84 Å². The van der Waals surface area contributed by atoms with E-state index in [2.05, 4.69) is 0 Å². The number of esters is 1. The number of carbonyl (C=O) groups is 2. The second kappa shape index (κ2) is 7.20. The van der Waals surface area contributed by atoms with Crippen LogP contribution in [-0.2, 0) is 11.3 Å². The molecule has 0 amide bonds. The van der Waals surface area contributed by atoms with E-state index in [1.165, 1.54) is 0 Å². The molecule has 0 saturated carbocycles. The summed E-state index contributed by atoms with van der Waals surface area (Å²) < 4.78 is 5.27. The molecule has 0 aliphatic rings. The highest BCUT2D eigenvalue weighted by molar-refractivity contribution is 6.02. The summed E-state index contributed by atoms with van der Waals surface area (Å²) in [6, 6.07) is 12.1. The van der Waals surface area contributed by atoms with Crippen molar-refractivity contribution in [2.24, 2.45) is 0 Å². The molecule has 0 radical (unpaired) electrons. The van der Waals surface area contributed by atoms with E-state index >= 15 is 0 Å². The first-order valence-corrected chi connectivity index (χ1v) is 7.44. The molecule has 23 heavy (non-hydrogen) atoms. The first-order valence-electron chi connectivity index (χ1n) is 7.44. The van der Waals surface area contributed by atoms with E-state index < -0.39 is 12.1 Å². The number of carbonyl (C=O) groups excluding carboxylic acids is 2. The van der Waals surface area contributed by atoms with E-state index in [9.17, 15) is 9.59 Å². The van der Waals surface area contributed by atoms with E-state index in [-0.39, 0.29) is 12.4 Å². The van der Waals surface area contributed by atoms with Crippen LogP contribution in [0, 0.1) is 13.8 Å². The molecule has 1 atom stereocenters. The number of aryl methyl sites for hydroxylation is 2. The average Bonchev–Trinajstić information content (AvgIpc) is 2.56. The van der Waals surface area contributed by atoms with Crippen LogP contribution in [-0.4, -0.2) is 23.0 Å². The standard InChI is InChI=1S/C19H20O4/c1-12-4-5-13(2)17(10-12)18(21)14(3)23-19(22)16-8-6-15(11-20)7-9-16/h4-10,14,20H,11H2,1-3H3/t14-/m1/s1. The molecule has 1 N–H and O–H groups in total. The summed E-state index contributed by atoms with van der Waals surface area (Å²) >= 11 is 0. The Morgan fingerprint density at radius 3 is 2.35 bits per heavy atom. The molecule has 0 bridgehead atoms. The number of hydrogen-bond donors (Lipinski definition) is 1. The van der Waals surface area contributed by atoms with Crippen molar-refractivity contribution in [2.75, 3.05) is 0 Å². The minimum atomic E-state index is -0.861. The van der Waals surface area contributed by atoms with Gasteiger partial charge >= 0.3 is 5.97 Å². The van der Waals surface area contributed by atoms with Gasteiger partial charge in [-0.15, -0.1) is 0 Å². The van der Waals surface area contributed by atoms with Crippen LogP contribution in [0.25, 0.3) is 0 Å². The normalized spacial score (nSPS) is 11.8. The number of ketones is 1. The third-order valence-corrected chi connectivity index (χ3v) is 3.68.